The summed E-state index contributed by atoms with van der Waals surface area (Å²) in [4.78, 5) is 26.2. The second-order valence-electron chi connectivity index (χ2n) is 7.40. The molecule has 3 heterocycles. The highest BCUT2D eigenvalue weighted by Crippen LogP contribution is 2.25. The van der Waals surface area contributed by atoms with Crippen molar-refractivity contribution >= 4 is 33.4 Å². The number of anilines is 2. The number of aromatic amines is 1. The number of morpholine rings is 1. The fourth-order valence-electron chi connectivity index (χ4n) is 3.99. The summed E-state index contributed by atoms with van der Waals surface area (Å²) in [7, 11) is 0. The number of nitrogens with zero attached hydrogens (tertiary/aromatic N) is 4. The van der Waals surface area contributed by atoms with Gasteiger partial charge in [-0.15, -0.1) is 0 Å². The van der Waals surface area contributed by atoms with Crippen molar-refractivity contribution in [2.45, 2.75) is 20.0 Å². The van der Waals surface area contributed by atoms with Gasteiger partial charge in [-0.25, -0.2) is 14.8 Å². The standard InChI is InChI=1S/C22H24N6O2/c1-2-28-20-12-18-17(11-19(20)26-22(28)29)21(25-14-24-18)23-13-15-3-5-16(6-4-15)27-7-9-30-10-8-27/h3-6,11-12,14H,2,7-10,13H2,1H3,(H,26,29)(H,23,24,25). The van der Waals surface area contributed by atoms with Gasteiger partial charge in [0, 0.05) is 37.3 Å². The number of H-pyrrole nitrogens is 1. The Hall–Kier alpha value is -3.39. The van der Waals surface area contributed by atoms with Gasteiger partial charge in [-0.05, 0) is 36.8 Å². The van der Waals surface area contributed by atoms with Crippen LogP contribution >= 0.6 is 0 Å². The highest BCUT2D eigenvalue weighted by Gasteiger charge is 2.12. The zero-order valence-electron chi connectivity index (χ0n) is 16.9. The van der Waals surface area contributed by atoms with Gasteiger partial charge in [-0.2, -0.15) is 0 Å². The molecule has 0 aliphatic carbocycles. The van der Waals surface area contributed by atoms with Crippen molar-refractivity contribution in [3.63, 3.8) is 0 Å². The number of aromatic nitrogens is 4. The number of ether oxygens (including phenoxy) is 1. The van der Waals surface area contributed by atoms with Crippen LogP contribution in [0.1, 0.15) is 12.5 Å². The van der Waals surface area contributed by atoms with Crippen LogP contribution in [0.2, 0.25) is 0 Å². The molecular formula is C22H24N6O2. The van der Waals surface area contributed by atoms with Crippen LogP contribution < -0.4 is 15.9 Å². The van der Waals surface area contributed by atoms with Gasteiger partial charge >= 0.3 is 5.69 Å². The maximum atomic E-state index is 12.1. The second-order valence-corrected chi connectivity index (χ2v) is 7.40. The van der Waals surface area contributed by atoms with Crippen LogP contribution in [-0.4, -0.2) is 45.8 Å². The number of rotatable bonds is 5. The fourth-order valence-corrected chi connectivity index (χ4v) is 3.99. The minimum absolute atomic E-state index is 0.106. The van der Waals surface area contributed by atoms with Crippen LogP contribution in [0.4, 0.5) is 11.5 Å². The van der Waals surface area contributed by atoms with Crippen molar-refractivity contribution in [1.29, 1.82) is 0 Å². The Morgan fingerprint density at radius 2 is 1.93 bits per heavy atom. The molecule has 8 heteroatoms. The highest BCUT2D eigenvalue weighted by molar-refractivity contribution is 5.98. The van der Waals surface area contributed by atoms with Gasteiger partial charge in [0.15, 0.2) is 0 Å². The summed E-state index contributed by atoms with van der Waals surface area (Å²) in [5.74, 6) is 0.754. The van der Waals surface area contributed by atoms with E-state index in [1.807, 2.05) is 19.1 Å². The summed E-state index contributed by atoms with van der Waals surface area (Å²) in [6.07, 6.45) is 1.55. The third kappa shape index (κ3) is 3.39. The Balaban J connectivity index is 1.38. The molecule has 0 bridgehead atoms. The molecule has 0 spiro atoms. The molecule has 0 radical (unpaired) electrons. The Bertz CT molecular complexity index is 1240. The molecular weight excluding hydrogens is 380 g/mol. The molecule has 1 aliphatic rings. The molecule has 30 heavy (non-hydrogen) atoms. The van der Waals surface area contributed by atoms with E-state index in [0.29, 0.717) is 13.1 Å². The van der Waals surface area contributed by atoms with Crippen molar-refractivity contribution in [3.05, 3.63) is 58.8 Å². The van der Waals surface area contributed by atoms with Gasteiger partial charge in [0.25, 0.3) is 0 Å². The first kappa shape index (κ1) is 18.6. The van der Waals surface area contributed by atoms with E-state index in [1.165, 1.54) is 11.3 Å². The lowest BCUT2D eigenvalue weighted by Gasteiger charge is -2.28. The second kappa shape index (κ2) is 7.79. The summed E-state index contributed by atoms with van der Waals surface area (Å²) >= 11 is 0. The van der Waals surface area contributed by atoms with E-state index < -0.39 is 0 Å². The van der Waals surface area contributed by atoms with Crippen LogP contribution in [0, 0.1) is 0 Å². The SMILES string of the molecule is CCn1c(=O)[nH]c2cc3c(NCc4ccc(N5CCOCC5)cc4)ncnc3cc21. The first-order valence-corrected chi connectivity index (χ1v) is 10.3. The monoisotopic (exact) mass is 404 g/mol. The lowest BCUT2D eigenvalue weighted by molar-refractivity contribution is 0.122. The molecule has 1 saturated heterocycles. The van der Waals surface area contributed by atoms with E-state index in [0.717, 1.165) is 54.1 Å². The molecule has 154 valence electrons. The minimum atomic E-state index is -0.106. The normalized spacial score (nSPS) is 14.5. The maximum Gasteiger partial charge on any atom is 0.326 e. The summed E-state index contributed by atoms with van der Waals surface area (Å²) in [6.45, 7) is 6.65. The van der Waals surface area contributed by atoms with Gasteiger partial charge in [0.05, 0.1) is 29.8 Å². The number of hydrogen-bond acceptors (Lipinski definition) is 6. The third-order valence-electron chi connectivity index (χ3n) is 5.62. The molecule has 2 aromatic carbocycles. The Labute approximate surface area is 173 Å². The van der Waals surface area contributed by atoms with Crippen molar-refractivity contribution in [2.75, 3.05) is 36.5 Å². The van der Waals surface area contributed by atoms with Gasteiger partial charge < -0.3 is 19.9 Å². The molecule has 2 N–H and O–H groups in total. The van der Waals surface area contributed by atoms with Crippen LogP contribution in [0.25, 0.3) is 21.9 Å². The molecule has 5 rings (SSSR count). The lowest BCUT2D eigenvalue weighted by Crippen LogP contribution is -2.36. The van der Waals surface area contributed by atoms with Gasteiger partial charge in [0.1, 0.15) is 12.1 Å². The number of nitrogens with one attached hydrogen (secondary N) is 2. The van der Waals surface area contributed by atoms with Crippen LogP contribution in [0.15, 0.2) is 47.5 Å². The van der Waals surface area contributed by atoms with E-state index in [9.17, 15) is 4.79 Å². The Morgan fingerprint density at radius 1 is 1.13 bits per heavy atom. The molecule has 8 nitrogen and oxygen atoms in total. The molecule has 0 saturated carbocycles. The smallest absolute Gasteiger partial charge is 0.326 e. The van der Waals surface area contributed by atoms with Crippen LogP contribution in [0.5, 0.6) is 0 Å². The highest BCUT2D eigenvalue weighted by atomic mass is 16.5. The van der Waals surface area contributed by atoms with Crippen molar-refractivity contribution < 1.29 is 4.74 Å². The third-order valence-corrected chi connectivity index (χ3v) is 5.62. The van der Waals surface area contributed by atoms with E-state index in [4.69, 9.17) is 4.74 Å². The largest absolute Gasteiger partial charge is 0.378 e. The van der Waals surface area contributed by atoms with Crippen LogP contribution in [-0.2, 0) is 17.8 Å². The van der Waals surface area contributed by atoms with Crippen LogP contribution in [0.3, 0.4) is 0 Å². The van der Waals surface area contributed by atoms with Crippen molar-refractivity contribution in [3.8, 4) is 0 Å². The molecule has 1 fully saturated rings. The molecule has 2 aromatic heterocycles. The molecule has 0 amide bonds. The predicted octanol–water partition coefficient (Wildman–Crippen LogP) is 2.74. The zero-order chi connectivity index (χ0) is 20.5. The summed E-state index contributed by atoms with van der Waals surface area (Å²) in [5, 5.41) is 4.31. The molecule has 1 aliphatic heterocycles. The number of aryl methyl sites for hydroxylation is 1. The Morgan fingerprint density at radius 3 is 2.70 bits per heavy atom. The zero-order valence-corrected chi connectivity index (χ0v) is 16.9. The average Bonchev–Trinajstić information content (AvgIpc) is 3.11. The molecule has 4 aromatic rings. The van der Waals surface area contributed by atoms with E-state index in [-0.39, 0.29) is 5.69 Å². The first-order chi connectivity index (χ1) is 14.7. The lowest BCUT2D eigenvalue weighted by atomic mass is 10.1. The van der Waals surface area contributed by atoms with Crippen molar-refractivity contribution in [2.24, 2.45) is 0 Å². The summed E-state index contributed by atoms with van der Waals surface area (Å²) in [6, 6.07) is 12.5. The maximum absolute atomic E-state index is 12.1. The van der Waals surface area contributed by atoms with Gasteiger partial charge in [-0.1, -0.05) is 12.1 Å². The summed E-state index contributed by atoms with van der Waals surface area (Å²) < 4.78 is 7.13. The summed E-state index contributed by atoms with van der Waals surface area (Å²) in [5.41, 5.74) is 4.75. The number of benzene rings is 2. The van der Waals surface area contributed by atoms with E-state index in [1.54, 1.807) is 10.9 Å². The van der Waals surface area contributed by atoms with Gasteiger partial charge in [0.2, 0.25) is 0 Å². The fraction of sp³-hybridized carbons (Fsp3) is 0.318. The first-order valence-electron chi connectivity index (χ1n) is 10.3. The average molecular weight is 404 g/mol. The van der Waals surface area contributed by atoms with Crippen molar-refractivity contribution in [1.82, 2.24) is 19.5 Å². The number of hydrogen-bond donors (Lipinski definition) is 2. The Kier molecular flexibility index (Phi) is 4.84. The topological polar surface area (TPSA) is 88.1 Å². The number of fused-ring (bicyclic) bond motifs is 2. The molecule has 0 atom stereocenters. The number of imidazole rings is 1. The minimum Gasteiger partial charge on any atom is -0.378 e. The predicted molar refractivity (Wildman–Crippen MR) is 118 cm³/mol. The molecule has 0 unspecified atom stereocenters. The van der Waals surface area contributed by atoms with Gasteiger partial charge in [-0.3, -0.25) is 4.57 Å². The van der Waals surface area contributed by atoms with E-state index in [2.05, 4.69) is 49.4 Å². The van der Waals surface area contributed by atoms with E-state index >= 15 is 0 Å². The quantitative estimate of drug-likeness (QED) is 0.532.